The van der Waals surface area contributed by atoms with Crippen molar-refractivity contribution in [1.29, 1.82) is 0 Å². The minimum absolute atomic E-state index is 0. The molecular weight excluding hydrogens is 316 g/mol. The van der Waals surface area contributed by atoms with E-state index in [0.29, 0.717) is 11.1 Å². The molecule has 0 spiro atoms. The molecule has 0 heterocycles. The first kappa shape index (κ1) is 17.8. The summed E-state index contributed by atoms with van der Waals surface area (Å²) in [5.41, 5.74) is 1.34. The van der Waals surface area contributed by atoms with Gasteiger partial charge < -0.3 is 5.11 Å². The fourth-order valence-electron chi connectivity index (χ4n) is 1.87. The standard InChI is InChI=1S/C14H12O2.C5H5.Fe/c15-13(11-6-2-1-3-7-11)10-14(16)12-8-4-5-9-12;1-2-4-5-3-1;/h1-9,16H,10H2;1-5H;/q;-1;. The maximum Gasteiger partial charge on any atom is 0.170 e. The van der Waals surface area contributed by atoms with Gasteiger partial charge in [-0.2, -0.15) is 18.2 Å². The van der Waals surface area contributed by atoms with Crippen LogP contribution in [0.15, 0.2) is 96.3 Å². The summed E-state index contributed by atoms with van der Waals surface area (Å²) in [4.78, 5) is 11.8. The third-order valence-corrected chi connectivity index (χ3v) is 2.98. The Balaban J connectivity index is 0.000000344. The van der Waals surface area contributed by atoms with Crippen LogP contribution in [-0.4, -0.2) is 10.9 Å². The molecule has 0 saturated heterocycles. The van der Waals surface area contributed by atoms with Gasteiger partial charge in [-0.1, -0.05) is 54.6 Å². The van der Waals surface area contributed by atoms with Gasteiger partial charge in [-0.25, -0.2) is 12.1 Å². The van der Waals surface area contributed by atoms with Crippen LogP contribution in [0.2, 0.25) is 0 Å². The van der Waals surface area contributed by atoms with E-state index in [1.54, 1.807) is 24.3 Å². The minimum atomic E-state index is -0.0701. The van der Waals surface area contributed by atoms with Gasteiger partial charge in [-0.15, -0.1) is 0 Å². The summed E-state index contributed by atoms with van der Waals surface area (Å²) in [5, 5.41) is 9.74. The van der Waals surface area contributed by atoms with Crippen molar-refractivity contribution in [3.05, 3.63) is 102 Å². The van der Waals surface area contributed by atoms with Crippen molar-refractivity contribution in [3.8, 4) is 0 Å². The van der Waals surface area contributed by atoms with Crippen LogP contribution >= 0.6 is 0 Å². The van der Waals surface area contributed by atoms with E-state index in [1.165, 1.54) is 0 Å². The second-order valence-corrected chi connectivity index (χ2v) is 4.55. The van der Waals surface area contributed by atoms with Crippen LogP contribution in [-0.2, 0) is 17.1 Å². The van der Waals surface area contributed by atoms with E-state index in [9.17, 15) is 9.90 Å². The van der Waals surface area contributed by atoms with Crippen molar-refractivity contribution in [2.24, 2.45) is 0 Å². The SMILES string of the molecule is O=C(CC(O)=C1C=CC=C1)c1ccccc1.[Fe].c1cc[cH-]c1. The van der Waals surface area contributed by atoms with Crippen LogP contribution in [0.4, 0.5) is 0 Å². The molecule has 0 aromatic heterocycles. The summed E-state index contributed by atoms with van der Waals surface area (Å²) < 4.78 is 0. The molecule has 2 aromatic carbocycles. The molecule has 1 N–H and O–H groups in total. The Morgan fingerprint density at radius 1 is 0.955 bits per heavy atom. The van der Waals surface area contributed by atoms with Crippen LogP contribution in [0, 0.1) is 0 Å². The molecule has 0 amide bonds. The molecule has 3 heteroatoms. The fraction of sp³-hybridized carbons (Fsp3) is 0.0526. The third-order valence-electron chi connectivity index (χ3n) is 2.98. The van der Waals surface area contributed by atoms with E-state index in [4.69, 9.17) is 0 Å². The van der Waals surface area contributed by atoms with Crippen LogP contribution in [0.25, 0.3) is 0 Å². The molecule has 1 aliphatic rings. The summed E-state index contributed by atoms with van der Waals surface area (Å²) in [6, 6.07) is 19.0. The van der Waals surface area contributed by atoms with Gasteiger partial charge in [0, 0.05) is 28.2 Å². The molecule has 0 fully saturated rings. The van der Waals surface area contributed by atoms with Gasteiger partial charge >= 0.3 is 0 Å². The molecule has 0 unspecified atom stereocenters. The quantitative estimate of drug-likeness (QED) is 0.386. The smallest absolute Gasteiger partial charge is 0.170 e. The van der Waals surface area contributed by atoms with Crippen molar-refractivity contribution in [2.45, 2.75) is 6.42 Å². The van der Waals surface area contributed by atoms with Gasteiger partial charge in [0.25, 0.3) is 0 Å². The number of Topliss-reactive ketones (excluding diaryl/α,β-unsaturated/α-hetero) is 1. The van der Waals surface area contributed by atoms with E-state index < -0.39 is 0 Å². The van der Waals surface area contributed by atoms with Crippen LogP contribution in [0.5, 0.6) is 0 Å². The van der Waals surface area contributed by atoms with Crippen LogP contribution in [0.1, 0.15) is 16.8 Å². The summed E-state index contributed by atoms with van der Waals surface area (Å²) in [7, 11) is 0. The average molecular weight is 333 g/mol. The number of aliphatic hydroxyl groups is 1. The number of hydrogen-bond acceptors (Lipinski definition) is 2. The minimum Gasteiger partial charge on any atom is -0.511 e. The monoisotopic (exact) mass is 333 g/mol. The van der Waals surface area contributed by atoms with Crippen molar-refractivity contribution in [1.82, 2.24) is 0 Å². The molecule has 2 nitrogen and oxygen atoms in total. The Hall–Kier alpha value is -2.22. The normalized spacial score (nSPS) is 11.4. The number of carbonyl (C=O) groups is 1. The van der Waals surface area contributed by atoms with E-state index in [-0.39, 0.29) is 35.0 Å². The Labute approximate surface area is 141 Å². The van der Waals surface area contributed by atoms with Gasteiger partial charge in [0.05, 0.1) is 6.42 Å². The number of hydrogen-bond donors (Lipinski definition) is 1. The summed E-state index contributed by atoms with van der Waals surface area (Å²) >= 11 is 0. The third kappa shape index (κ3) is 5.64. The predicted octanol–water partition coefficient (Wildman–Crippen LogP) is 4.60. The Kier molecular flexibility index (Phi) is 7.84. The average Bonchev–Trinajstić information content (AvgIpc) is 3.23. The number of rotatable bonds is 3. The van der Waals surface area contributed by atoms with E-state index in [0.717, 1.165) is 0 Å². The van der Waals surface area contributed by atoms with Crippen molar-refractivity contribution in [3.63, 3.8) is 0 Å². The fourth-order valence-corrected chi connectivity index (χ4v) is 1.87. The first-order valence-corrected chi connectivity index (χ1v) is 6.79. The van der Waals surface area contributed by atoms with E-state index in [1.807, 2.05) is 60.7 Å². The molecule has 2 aromatic rings. The van der Waals surface area contributed by atoms with Gasteiger partial charge in [0.15, 0.2) is 5.78 Å². The maximum absolute atomic E-state index is 11.8. The second kappa shape index (κ2) is 9.67. The Morgan fingerprint density at radius 3 is 2.05 bits per heavy atom. The molecule has 0 radical (unpaired) electrons. The van der Waals surface area contributed by atoms with Crippen molar-refractivity contribution >= 4 is 5.78 Å². The van der Waals surface area contributed by atoms with E-state index in [2.05, 4.69) is 0 Å². The maximum atomic E-state index is 11.8. The summed E-state index contributed by atoms with van der Waals surface area (Å²) in [6.45, 7) is 0. The zero-order valence-corrected chi connectivity index (χ0v) is 13.1. The van der Waals surface area contributed by atoms with Gasteiger partial charge in [-0.3, -0.25) is 4.79 Å². The first-order chi connectivity index (χ1) is 10.3. The van der Waals surface area contributed by atoms with Crippen molar-refractivity contribution < 1.29 is 27.0 Å². The zero-order valence-electron chi connectivity index (χ0n) is 12.0. The number of carbonyl (C=O) groups excluding carboxylic acids is 1. The topological polar surface area (TPSA) is 37.3 Å². The predicted molar refractivity (Wildman–Crippen MR) is 85.4 cm³/mol. The van der Waals surface area contributed by atoms with E-state index >= 15 is 0 Å². The molecule has 1 aliphatic carbocycles. The molecule has 3 rings (SSSR count). The molecular formula is C19H17FeO2-. The Bertz CT molecular complexity index is 619. The molecule has 114 valence electrons. The molecule has 0 saturated carbocycles. The molecule has 0 aliphatic heterocycles. The zero-order chi connectivity index (χ0) is 14.9. The molecule has 0 atom stereocenters. The van der Waals surface area contributed by atoms with Gasteiger partial charge in [0.2, 0.25) is 0 Å². The number of ketones is 1. The van der Waals surface area contributed by atoms with Crippen LogP contribution in [0.3, 0.4) is 0 Å². The largest absolute Gasteiger partial charge is 0.511 e. The molecule has 0 bridgehead atoms. The van der Waals surface area contributed by atoms with Gasteiger partial charge in [0.1, 0.15) is 5.76 Å². The van der Waals surface area contributed by atoms with Crippen molar-refractivity contribution in [2.75, 3.05) is 0 Å². The Morgan fingerprint density at radius 2 is 1.55 bits per heavy atom. The van der Waals surface area contributed by atoms with Gasteiger partial charge in [-0.05, 0) is 0 Å². The molecule has 22 heavy (non-hydrogen) atoms. The number of allylic oxidation sites excluding steroid dienone is 6. The second-order valence-electron chi connectivity index (χ2n) is 4.55. The first-order valence-electron chi connectivity index (χ1n) is 6.79. The van der Waals surface area contributed by atoms with Crippen LogP contribution < -0.4 is 0 Å². The summed E-state index contributed by atoms with van der Waals surface area (Å²) in [5.74, 6) is 0.0538. The summed E-state index contributed by atoms with van der Waals surface area (Å²) in [6.07, 6.45) is 7.28. The number of aliphatic hydroxyl groups excluding tert-OH is 1. The number of benzene rings is 1.